The van der Waals surface area contributed by atoms with Crippen molar-refractivity contribution in [2.45, 2.75) is 13.5 Å². The van der Waals surface area contributed by atoms with Crippen LogP contribution in [0.3, 0.4) is 0 Å². The fourth-order valence-corrected chi connectivity index (χ4v) is 1.59. The highest BCUT2D eigenvalue weighted by molar-refractivity contribution is 5.61. The van der Waals surface area contributed by atoms with Gasteiger partial charge in [0.15, 0.2) is 0 Å². The number of hydrogen-bond donors (Lipinski definition) is 2. The van der Waals surface area contributed by atoms with Crippen LogP contribution in [0.1, 0.15) is 11.3 Å². The highest BCUT2D eigenvalue weighted by atomic mass is 14.7. The second-order valence-electron chi connectivity index (χ2n) is 3.40. The van der Waals surface area contributed by atoms with Crippen LogP contribution in [-0.4, -0.2) is 4.98 Å². The number of H-pyrrole nitrogens is 1. The summed E-state index contributed by atoms with van der Waals surface area (Å²) in [6, 6.07) is 12.4. The summed E-state index contributed by atoms with van der Waals surface area (Å²) in [5.74, 6) is 0. The molecule has 0 aliphatic rings. The summed E-state index contributed by atoms with van der Waals surface area (Å²) in [6.07, 6.45) is 0. The molecule has 0 aliphatic heterocycles. The Morgan fingerprint density at radius 3 is 2.50 bits per heavy atom. The zero-order valence-corrected chi connectivity index (χ0v) is 8.25. The Hall–Kier alpha value is -1.54. The molecule has 1 aromatic carbocycles. The first-order chi connectivity index (χ1) is 6.81. The van der Waals surface area contributed by atoms with Crippen molar-refractivity contribution in [2.75, 3.05) is 0 Å². The molecule has 0 atom stereocenters. The lowest BCUT2D eigenvalue weighted by Crippen LogP contribution is -1.95. The van der Waals surface area contributed by atoms with Crippen LogP contribution in [0, 0.1) is 6.92 Å². The number of nitrogens with two attached hydrogens (primary N) is 1. The molecule has 0 amide bonds. The van der Waals surface area contributed by atoms with Crippen molar-refractivity contribution in [1.82, 2.24) is 4.98 Å². The van der Waals surface area contributed by atoms with Gasteiger partial charge in [-0.1, -0.05) is 30.3 Å². The molecule has 2 heteroatoms. The van der Waals surface area contributed by atoms with Crippen LogP contribution in [0.4, 0.5) is 0 Å². The van der Waals surface area contributed by atoms with Gasteiger partial charge in [-0.25, -0.2) is 0 Å². The standard InChI is InChI=1S/C12H14N2/c1-9-11(8-13)7-12(14-9)10-5-3-2-4-6-10/h2-7,14H,8,13H2,1H3. The molecule has 0 unspecified atom stereocenters. The molecule has 0 fully saturated rings. The lowest BCUT2D eigenvalue weighted by atomic mass is 10.1. The minimum atomic E-state index is 0.592. The van der Waals surface area contributed by atoms with Gasteiger partial charge in [0.2, 0.25) is 0 Å². The van der Waals surface area contributed by atoms with Crippen LogP contribution in [0.5, 0.6) is 0 Å². The molecule has 14 heavy (non-hydrogen) atoms. The van der Waals surface area contributed by atoms with Gasteiger partial charge < -0.3 is 10.7 Å². The van der Waals surface area contributed by atoms with Crippen LogP contribution in [-0.2, 0) is 6.54 Å². The van der Waals surface area contributed by atoms with Crippen molar-refractivity contribution >= 4 is 0 Å². The predicted octanol–water partition coefficient (Wildman–Crippen LogP) is 2.45. The van der Waals surface area contributed by atoms with E-state index in [1.165, 1.54) is 11.1 Å². The van der Waals surface area contributed by atoms with Gasteiger partial charge in [0, 0.05) is 17.9 Å². The van der Waals surface area contributed by atoms with Crippen LogP contribution in [0.2, 0.25) is 0 Å². The number of hydrogen-bond acceptors (Lipinski definition) is 1. The van der Waals surface area contributed by atoms with Crippen molar-refractivity contribution in [3.63, 3.8) is 0 Å². The van der Waals surface area contributed by atoms with Crippen LogP contribution in [0.15, 0.2) is 36.4 Å². The lowest BCUT2D eigenvalue weighted by molar-refractivity contribution is 1.04. The number of nitrogens with one attached hydrogen (secondary N) is 1. The Morgan fingerprint density at radius 2 is 1.93 bits per heavy atom. The number of benzene rings is 1. The van der Waals surface area contributed by atoms with E-state index in [2.05, 4.69) is 30.1 Å². The molecular formula is C12H14N2. The van der Waals surface area contributed by atoms with Gasteiger partial charge >= 0.3 is 0 Å². The summed E-state index contributed by atoms with van der Waals surface area (Å²) >= 11 is 0. The Bertz CT molecular complexity index is 415. The highest BCUT2D eigenvalue weighted by Crippen LogP contribution is 2.20. The number of aryl methyl sites for hydroxylation is 1. The van der Waals surface area contributed by atoms with Gasteiger partial charge in [-0.2, -0.15) is 0 Å². The molecule has 0 saturated carbocycles. The van der Waals surface area contributed by atoms with Crippen molar-refractivity contribution in [1.29, 1.82) is 0 Å². The van der Waals surface area contributed by atoms with Crippen molar-refractivity contribution < 1.29 is 0 Å². The van der Waals surface area contributed by atoms with E-state index in [9.17, 15) is 0 Å². The minimum absolute atomic E-state index is 0.592. The molecule has 72 valence electrons. The van der Waals surface area contributed by atoms with E-state index in [1.54, 1.807) is 0 Å². The van der Waals surface area contributed by atoms with Crippen LogP contribution >= 0.6 is 0 Å². The van der Waals surface area contributed by atoms with E-state index < -0.39 is 0 Å². The van der Waals surface area contributed by atoms with Crippen LogP contribution in [0.25, 0.3) is 11.3 Å². The van der Waals surface area contributed by atoms with Crippen molar-refractivity contribution in [2.24, 2.45) is 5.73 Å². The zero-order chi connectivity index (χ0) is 9.97. The molecule has 0 radical (unpaired) electrons. The normalized spacial score (nSPS) is 10.4. The van der Waals surface area contributed by atoms with E-state index in [0.29, 0.717) is 6.54 Å². The predicted molar refractivity (Wildman–Crippen MR) is 58.9 cm³/mol. The Balaban J connectivity index is 2.43. The largest absolute Gasteiger partial charge is 0.358 e. The molecule has 0 aliphatic carbocycles. The molecule has 3 N–H and O–H groups in total. The molecule has 1 heterocycles. The van der Waals surface area contributed by atoms with E-state index in [1.807, 2.05) is 18.2 Å². The van der Waals surface area contributed by atoms with Gasteiger partial charge in [0.1, 0.15) is 0 Å². The van der Waals surface area contributed by atoms with Crippen molar-refractivity contribution in [3.8, 4) is 11.3 Å². The molecule has 1 aromatic heterocycles. The average molecular weight is 186 g/mol. The lowest BCUT2D eigenvalue weighted by Gasteiger charge is -1.95. The fraction of sp³-hybridized carbons (Fsp3) is 0.167. The fourth-order valence-electron chi connectivity index (χ4n) is 1.59. The maximum Gasteiger partial charge on any atom is 0.0459 e. The summed E-state index contributed by atoms with van der Waals surface area (Å²) in [7, 11) is 0. The maximum absolute atomic E-state index is 5.62. The summed E-state index contributed by atoms with van der Waals surface area (Å²) in [5, 5.41) is 0. The van der Waals surface area contributed by atoms with Gasteiger partial charge in [-0.05, 0) is 24.1 Å². The van der Waals surface area contributed by atoms with Gasteiger partial charge in [0.05, 0.1) is 0 Å². The third-order valence-electron chi connectivity index (χ3n) is 2.43. The maximum atomic E-state index is 5.62. The molecule has 2 aromatic rings. The van der Waals surface area contributed by atoms with Gasteiger partial charge in [-0.3, -0.25) is 0 Å². The highest BCUT2D eigenvalue weighted by Gasteiger charge is 2.03. The third-order valence-corrected chi connectivity index (χ3v) is 2.43. The first kappa shape index (κ1) is 9.03. The molecule has 0 saturated heterocycles. The SMILES string of the molecule is Cc1[nH]c(-c2ccccc2)cc1CN. The smallest absolute Gasteiger partial charge is 0.0459 e. The summed E-state index contributed by atoms with van der Waals surface area (Å²) in [6.45, 7) is 2.64. The topological polar surface area (TPSA) is 41.8 Å². The summed E-state index contributed by atoms with van der Waals surface area (Å²) in [4.78, 5) is 3.33. The third kappa shape index (κ3) is 1.56. The van der Waals surface area contributed by atoms with Crippen molar-refractivity contribution in [3.05, 3.63) is 47.7 Å². The molecular weight excluding hydrogens is 172 g/mol. The molecule has 0 spiro atoms. The molecule has 0 bridgehead atoms. The van der Waals surface area contributed by atoms with E-state index >= 15 is 0 Å². The first-order valence-electron chi connectivity index (χ1n) is 4.75. The Labute approximate surface area is 83.8 Å². The van der Waals surface area contributed by atoms with Crippen LogP contribution < -0.4 is 5.73 Å². The minimum Gasteiger partial charge on any atom is -0.358 e. The summed E-state index contributed by atoms with van der Waals surface area (Å²) in [5.41, 5.74) is 10.3. The molecule has 2 rings (SSSR count). The number of aromatic nitrogens is 1. The number of aromatic amines is 1. The molecule has 2 nitrogen and oxygen atoms in total. The number of rotatable bonds is 2. The van der Waals surface area contributed by atoms with E-state index in [-0.39, 0.29) is 0 Å². The Morgan fingerprint density at radius 1 is 1.21 bits per heavy atom. The van der Waals surface area contributed by atoms with Gasteiger partial charge in [0.25, 0.3) is 0 Å². The first-order valence-corrected chi connectivity index (χ1v) is 4.75. The van der Waals surface area contributed by atoms with E-state index in [4.69, 9.17) is 5.73 Å². The second kappa shape index (κ2) is 3.68. The summed E-state index contributed by atoms with van der Waals surface area (Å²) < 4.78 is 0. The second-order valence-corrected chi connectivity index (χ2v) is 3.40. The Kier molecular flexibility index (Phi) is 2.37. The monoisotopic (exact) mass is 186 g/mol. The van der Waals surface area contributed by atoms with Gasteiger partial charge in [-0.15, -0.1) is 0 Å². The zero-order valence-electron chi connectivity index (χ0n) is 8.25. The quantitative estimate of drug-likeness (QED) is 0.743. The average Bonchev–Trinajstić information content (AvgIpc) is 2.61. The van der Waals surface area contributed by atoms with E-state index in [0.717, 1.165) is 11.4 Å².